The summed E-state index contributed by atoms with van der Waals surface area (Å²) in [6.07, 6.45) is 11.8. The van der Waals surface area contributed by atoms with Crippen LogP contribution in [0.15, 0.2) is 24.3 Å². The highest BCUT2D eigenvalue weighted by Crippen LogP contribution is 2.49. The summed E-state index contributed by atoms with van der Waals surface area (Å²) in [4.78, 5) is 0. The maximum atomic E-state index is 7.38. The molecule has 0 N–H and O–H groups in total. The highest BCUT2D eigenvalue weighted by atomic mass is 28.4. The minimum absolute atomic E-state index is 0.114. The van der Waals surface area contributed by atoms with E-state index >= 15 is 0 Å². The molecule has 7 heteroatoms. The van der Waals surface area contributed by atoms with Gasteiger partial charge in [0, 0.05) is 0 Å². The molecule has 0 aromatic rings. The molecule has 2 unspecified atom stereocenters. The fraction of sp³-hybridized carbons (Fsp3) is 0.895. The number of hydrogen-bond donors (Lipinski definition) is 0. The van der Waals surface area contributed by atoms with E-state index in [4.69, 9.17) is 13.0 Å². The Hall–Kier alpha value is 0.228. The first kappa shape index (κ1) is 45.2. The van der Waals surface area contributed by atoms with Gasteiger partial charge in [0.2, 0.25) is 16.6 Å². The molecular formula is C38H82O3Si4. The third kappa shape index (κ3) is 11.1. The van der Waals surface area contributed by atoms with Crippen molar-refractivity contribution >= 4 is 33.3 Å². The van der Waals surface area contributed by atoms with Gasteiger partial charge < -0.3 is 13.0 Å². The maximum absolute atomic E-state index is 7.38. The summed E-state index contributed by atoms with van der Waals surface area (Å²) >= 11 is 0. The second-order valence-electron chi connectivity index (χ2n) is 18.4. The fourth-order valence-corrected chi connectivity index (χ4v) is 27.7. The van der Waals surface area contributed by atoms with Crippen LogP contribution in [0.25, 0.3) is 0 Å². The lowest BCUT2D eigenvalue weighted by Gasteiger charge is -2.49. The van der Waals surface area contributed by atoms with E-state index in [9.17, 15) is 0 Å². The van der Waals surface area contributed by atoms with Crippen LogP contribution in [0, 0.1) is 0 Å². The van der Waals surface area contributed by atoms with Gasteiger partial charge in [-0.3, -0.25) is 0 Å². The van der Waals surface area contributed by atoms with E-state index in [1.54, 1.807) is 0 Å². The molecule has 0 aliphatic rings. The molecule has 0 heterocycles. The van der Waals surface area contributed by atoms with Crippen LogP contribution >= 0.6 is 0 Å². The molecule has 0 amide bonds. The summed E-state index contributed by atoms with van der Waals surface area (Å²) in [5.74, 6) is 0. The lowest BCUT2D eigenvalue weighted by molar-refractivity contribution is 0.233. The Morgan fingerprint density at radius 2 is 0.667 bits per heavy atom. The first-order chi connectivity index (χ1) is 20.1. The Balaban J connectivity index is 5.66. The van der Waals surface area contributed by atoms with Crippen LogP contribution in [0.4, 0.5) is 0 Å². The average Bonchev–Trinajstić information content (AvgIpc) is 2.83. The second kappa shape index (κ2) is 17.2. The zero-order chi connectivity index (χ0) is 36.0. The molecule has 0 rings (SSSR count). The van der Waals surface area contributed by atoms with Crippen LogP contribution in [0.2, 0.25) is 69.5 Å². The Morgan fingerprint density at radius 3 is 0.867 bits per heavy atom. The lowest BCUT2D eigenvalue weighted by atomic mass is 10.1. The Bertz CT molecular complexity index is 812. The van der Waals surface area contributed by atoms with E-state index in [2.05, 4.69) is 175 Å². The molecule has 0 aromatic carbocycles. The summed E-state index contributed by atoms with van der Waals surface area (Å²) in [6, 6.07) is 0. The average molecular weight is 699 g/mol. The van der Waals surface area contributed by atoms with Gasteiger partial charge in [-0.05, 0) is 96.2 Å². The first-order valence-corrected chi connectivity index (χ1v) is 28.6. The van der Waals surface area contributed by atoms with Gasteiger partial charge in [-0.25, -0.2) is 0 Å². The zero-order valence-electron chi connectivity index (χ0n) is 34.6. The van der Waals surface area contributed by atoms with Crippen molar-refractivity contribution in [3.8, 4) is 0 Å². The van der Waals surface area contributed by atoms with Gasteiger partial charge in [0.05, 0.1) is 12.2 Å². The van der Waals surface area contributed by atoms with Crippen LogP contribution in [-0.2, 0) is 13.0 Å². The van der Waals surface area contributed by atoms with Crippen molar-refractivity contribution in [2.24, 2.45) is 0 Å². The highest BCUT2D eigenvalue weighted by Gasteiger charge is 2.50. The van der Waals surface area contributed by atoms with Crippen LogP contribution in [-0.4, -0.2) is 45.5 Å². The summed E-state index contributed by atoms with van der Waals surface area (Å²) in [5, 5.41) is 0.228. The van der Waals surface area contributed by atoms with Gasteiger partial charge in [0.1, 0.15) is 0 Å². The number of allylic oxidation sites excluding steroid dienone is 2. The summed E-state index contributed by atoms with van der Waals surface area (Å²) in [5.41, 5.74) is 3.59. The van der Waals surface area contributed by atoms with E-state index in [-0.39, 0.29) is 22.3 Å². The molecule has 0 bridgehead atoms. The topological polar surface area (TPSA) is 27.7 Å². The molecule has 0 aromatic heterocycles. The normalized spacial score (nSPS) is 16.6. The Kier molecular flexibility index (Phi) is 17.3. The Labute approximate surface area is 288 Å². The van der Waals surface area contributed by atoms with E-state index in [1.165, 1.54) is 0 Å². The van der Waals surface area contributed by atoms with Crippen LogP contribution in [0.1, 0.15) is 137 Å². The Morgan fingerprint density at radius 1 is 0.444 bits per heavy atom. The van der Waals surface area contributed by atoms with Crippen LogP contribution in [0.3, 0.4) is 0 Å². The monoisotopic (exact) mass is 699 g/mol. The molecule has 0 saturated carbocycles. The minimum atomic E-state index is -2.04. The third-order valence-corrected chi connectivity index (χ3v) is 35.4. The van der Waals surface area contributed by atoms with Crippen molar-refractivity contribution in [3.05, 3.63) is 24.3 Å². The predicted octanol–water partition coefficient (Wildman–Crippen LogP) is 14.0. The molecule has 3 nitrogen and oxygen atoms in total. The fourth-order valence-electron chi connectivity index (χ4n) is 8.05. The predicted molar refractivity (Wildman–Crippen MR) is 215 cm³/mol. The molecule has 0 spiro atoms. The molecule has 268 valence electrons. The van der Waals surface area contributed by atoms with E-state index < -0.39 is 33.3 Å². The number of hydrogen-bond acceptors (Lipinski definition) is 3. The van der Waals surface area contributed by atoms with Crippen molar-refractivity contribution in [2.45, 2.75) is 219 Å². The molecule has 0 aliphatic carbocycles. The van der Waals surface area contributed by atoms with Crippen LogP contribution < -0.4 is 0 Å². The zero-order valence-corrected chi connectivity index (χ0v) is 38.6. The van der Waals surface area contributed by atoms with Gasteiger partial charge in [0.15, 0.2) is 16.6 Å². The molecule has 45 heavy (non-hydrogen) atoms. The third-order valence-electron chi connectivity index (χ3n) is 12.0. The molecule has 0 radical (unpaired) electrons. The smallest absolute Gasteiger partial charge is 0.201 e. The first-order valence-electron chi connectivity index (χ1n) is 18.5. The van der Waals surface area contributed by atoms with Crippen molar-refractivity contribution < 1.29 is 13.0 Å². The summed E-state index contributed by atoms with van der Waals surface area (Å²) < 4.78 is 21.4. The van der Waals surface area contributed by atoms with Gasteiger partial charge in [0.25, 0.3) is 0 Å². The largest absolute Gasteiger partial charge is 0.455 e. The van der Waals surface area contributed by atoms with Gasteiger partial charge in [-0.2, -0.15) is 0 Å². The van der Waals surface area contributed by atoms with Crippen molar-refractivity contribution in [2.75, 3.05) is 0 Å². The highest BCUT2D eigenvalue weighted by molar-refractivity contribution is 6.87. The lowest BCUT2D eigenvalue weighted by Crippen LogP contribution is -2.54. The molecule has 0 aliphatic heterocycles. The standard InChI is InChI=1S/C38H82O3Si4/c1-29(2)44(30(3)4,31(5)6)39-35(13)25-23-27-37(15,16)42(19,20)41-43(21,22)38(17,18)28-24-26-36(14)40-45(32(7)8,33(9)10)34(11)12/h23-26,29-36H,27-28H2,1-22H3/b25-23+,26-24+. The minimum Gasteiger partial charge on any atom is -0.455 e. The van der Waals surface area contributed by atoms with E-state index in [0.29, 0.717) is 33.2 Å². The summed E-state index contributed by atoms with van der Waals surface area (Å²) in [7, 11) is -7.88. The SMILES string of the molecule is CC(/C=C/CC(C)(C)[Si](C)(C)O[Si](C)(C)C(C)(C)C/C=C/C(C)O[Si](C(C)C)(C(C)C)C(C)C)O[Si](C(C)C)(C(C)C)C(C)C. The second-order valence-corrected chi connectivity index (χ2v) is 38.8. The van der Waals surface area contributed by atoms with Crippen molar-refractivity contribution in [1.29, 1.82) is 0 Å². The molecule has 0 saturated heterocycles. The molecular weight excluding hydrogens is 617 g/mol. The molecule has 0 fully saturated rings. The van der Waals surface area contributed by atoms with E-state index in [1.807, 2.05) is 0 Å². The van der Waals surface area contributed by atoms with Gasteiger partial charge in [-0.15, -0.1) is 0 Å². The number of rotatable bonds is 20. The van der Waals surface area contributed by atoms with Gasteiger partial charge >= 0.3 is 0 Å². The van der Waals surface area contributed by atoms with Crippen molar-refractivity contribution in [1.82, 2.24) is 0 Å². The van der Waals surface area contributed by atoms with Gasteiger partial charge in [-0.1, -0.05) is 135 Å². The van der Waals surface area contributed by atoms with Crippen molar-refractivity contribution in [3.63, 3.8) is 0 Å². The van der Waals surface area contributed by atoms with Crippen LogP contribution in [0.5, 0.6) is 0 Å². The summed E-state index contributed by atoms with van der Waals surface area (Å²) in [6.45, 7) is 52.4. The quantitative estimate of drug-likeness (QED) is 0.0935. The van der Waals surface area contributed by atoms with E-state index in [0.717, 1.165) is 12.8 Å². The molecule has 2 atom stereocenters. The maximum Gasteiger partial charge on any atom is 0.201 e.